The van der Waals surface area contributed by atoms with Gasteiger partial charge in [0.15, 0.2) is 5.13 Å². The maximum absolute atomic E-state index is 11.4. The Balaban J connectivity index is 2.65. The summed E-state index contributed by atoms with van der Waals surface area (Å²) in [6.45, 7) is 5.18. The monoisotopic (exact) mass is 280 g/mol. The molecule has 1 aromatic rings. The normalized spacial score (nSPS) is 12.4. The second-order valence-electron chi connectivity index (χ2n) is 4.24. The number of thiazole rings is 1. The SMILES string of the molecule is CC(C)(C)OC(=O)Nc1ncc(C(O)(O)Cl)s1. The van der Waals surface area contributed by atoms with Crippen molar-refractivity contribution in [2.45, 2.75) is 31.6 Å². The van der Waals surface area contributed by atoms with Crippen LogP contribution in [-0.2, 0) is 9.98 Å². The summed E-state index contributed by atoms with van der Waals surface area (Å²) in [6.07, 6.45) is 0.485. The minimum Gasteiger partial charge on any atom is -0.444 e. The number of nitrogens with one attached hydrogen (secondary N) is 1. The van der Waals surface area contributed by atoms with Gasteiger partial charge in [0.1, 0.15) is 10.5 Å². The van der Waals surface area contributed by atoms with E-state index in [4.69, 9.17) is 26.6 Å². The highest BCUT2D eigenvalue weighted by molar-refractivity contribution is 7.16. The van der Waals surface area contributed by atoms with E-state index < -0.39 is 16.9 Å². The van der Waals surface area contributed by atoms with Crippen LogP contribution in [0.15, 0.2) is 6.20 Å². The van der Waals surface area contributed by atoms with Crippen molar-refractivity contribution < 1.29 is 19.7 Å². The number of aliphatic hydroxyl groups is 2. The average molecular weight is 281 g/mol. The number of halogens is 1. The van der Waals surface area contributed by atoms with Gasteiger partial charge in [-0.05, 0) is 20.8 Å². The molecule has 0 spiro atoms. The Morgan fingerprint density at radius 3 is 2.53 bits per heavy atom. The molecule has 96 valence electrons. The number of carbonyl (C=O) groups is 1. The predicted octanol–water partition coefficient (Wildman–Crippen LogP) is 1.82. The fraction of sp³-hybridized carbons (Fsp3) is 0.556. The maximum atomic E-state index is 11.4. The van der Waals surface area contributed by atoms with Crippen molar-refractivity contribution in [3.05, 3.63) is 11.1 Å². The molecular weight excluding hydrogens is 268 g/mol. The maximum Gasteiger partial charge on any atom is 0.413 e. The first-order valence-corrected chi connectivity index (χ1v) is 5.87. The predicted molar refractivity (Wildman–Crippen MR) is 63.9 cm³/mol. The van der Waals surface area contributed by atoms with Gasteiger partial charge >= 0.3 is 6.09 Å². The topological polar surface area (TPSA) is 91.7 Å². The number of carbonyl (C=O) groups excluding carboxylic acids is 1. The lowest BCUT2D eigenvalue weighted by atomic mass is 10.2. The minimum atomic E-state index is -2.48. The van der Waals surface area contributed by atoms with E-state index in [0.29, 0.717) is 0 Å². The van der Waals surface area contributed by atoms with Gasteiger partial charge < -0.3 is 14.9 Å². The summed E-state index contributed by atoms with van der Waals surface area (Å²) in [7, 11) is 0. The molecule has 3 N–H and O–H groups in total. The molecule has 0 atom stereocenters. The van der Waals surface area contributed by atoms with E-state index in [9.17, 15) is 4.79 Å². The number of aromatic nitrogens is 1. The molecule has 1 heterocycles. The number of anilines is 1. The number of hydrogen-bond acceptors (Lipinski definition) is 6. The van der Waals surface area contributed by atoms with Crippen molar-refractivity contribution in [3.8, 4) is 0 Å². The summed E-state index contributed by atoms with van der Waals surface area (Å²) in [5.41, 5.74) is -0.617. The highest BCUT2D eigenvalue weighted by atomic mass is 35.5. The number of nitrogens with zero attached hydrogens (tertiary/aromatic N) is 1. The lowest BCUT2D eigenvalue weighted by molar-refractivity contribution is -0.0874. The highest BCUT2D eigenvalue weighted by Crippen LogP contribution is 2.30. The third-order valence-corrected chi connectivity index (χ3v) is 2.75. The Morgan fingerprint density at radius 1 is 1.53 bits per heavy atom. The molecule has 0 aromatic carbocycles. The first-order chi connectivity index (χ1) is 7.58. The summed E-state index contributed by atoms with van der Waals surface area (Å²) in [5, 5.41) is 18.2. The largest absolute Gasteiger partial charge is 0.444 e. The van der Waals surface area contributed by atoms with E-state index >= 15 is 0 Å². The number of amides is 1. The summed E-state index contributed by atoms with van der Waals surface area (Å²) in [4.78, 5) is 15.1. The zero-order chi connectivity index (χ0) is 13.3. The Hall–Kier alpha value is -0.890. The smallest absolute Gasteiger partial charge is 0.413 e. The molecule has 0 radical (unpaired) electrons. The Labute approximate surface area is 107 Å². The fourth-order valence-electron chi connectivity index (χ4n) is 0.870. The van der Waals surface area contributed by atoms with E-state index in [1.54, 1.807) is 20.8 Å². The van der Waals surface area contributed by atoms with E-state index in [-0.39, 0.29) is 10.0 Å². The lowest BCUT2D eigenvalue weighted by Gasteiger charge is -2.18. The molecule has 6 nitrogen and oxygen atoms in total. The van der Waals surface area contributed by atoms with Crippen molar-refractivity contribution in [2.24, 2.45) is 0 Å². The first kappa shape index (κ1) is 14.2. The molecule has 1 amide bonds. The zero-order valence-corrected chi connectivity index (χ0v) is 11.1. The molecule has 1 aromatic heterocycles. The van der Waals surface area contributed by atoms with Crippen molar-refractivity contribution in [2.75, 3.05) is 5.32 Å². The second-order valence-corrected chi connectivity index (χ2v) is 5.80. The van der Waals surface area contributed by atoms with E-state index in [1.807, 2.05) is 0 Å². The van der Waals surface area contributed by atoms with Crippen LogP contribution in [0.5, 0.6) is 0 Å². The molecule has 0 saturated heterocycles. The Morgan fingerprint density at radius 2 is 2.12 bits per heavy atom. The van der Waals surface area contributed by atoms with E-state index in [0.717, 1.165) is 17.5 Å². The van der Waals surface area contributed by atoms with Crippen LogP contribution in [0.1, 0.15) is 25.6 Å². The molecule has 1 rings (SSSR count). The van der Waals surface area contributed by atoms with E-state index in [2.05, 4.69) is 10.3 Å². The quantitative estimate of drug-likeness (QED) is 0.568. The molecular formula is C9H13ClN2O4S. The lowest BCUT2D eigenvalue weighted by Crippen LogP contribution is -2.27. The van der Waals surface area contributed by atoms with Gasteiger partial charge in [0.2, 0.25) is 0 Å². The average Bonchev–Trinajstić information content (AvgIpc) is 2.47. The third-order valence-electron chi connectivity index (χ3n) is 1.43. The van der Waals surface area contributed by atoms with Gasteiger partial charge in [-0.15, -0.1) is 0 Å². The third kappa shape index (κ3) is 4.86. The van der Waals surface area contributed by atoms with Crippen LogP contribution in [0.25, 0.3) is 0 Å². The van der Waals surface area contributed by atoms with Crippen molar-refractivity contribution in [1.29, 1.82) is 0 Å². The standard InChI is InChI=1S/C9H13ClN2O4S/c1-8(2,3)16-7(13)12-6-11-4-5(17-6)9(10,14)15/h4,14-15H,1-3H3,(H,11,12,13). The highest BCUT2D eigenvalue weighted by Gasteiger charge is 2.26. The Kier molecular flexibility index (Phi) is 3.98. The molecule has 0 aliphatic rings. The molecule has 17 heavy (non-hydrogen) atoms. The number of alkyl halides is 1. The summed E-state index contributed by atoms with van der Waals surface area (Å²) >= 11 is 6.09. The minimum absolute atomic E-state index is 0.00484. The summed E-state index contributed by atoms with van der Waals surface area (Å²) in [6, 6.07) is 0. The number of hydrogen-bond donors (Lipinski definition) is 3. The molecule has 8 heteroatoms. The van der Waals surface area contributed by atoms with Crippen molar-refractivity contribution >= 4 is 34.2 Å². The molecule has 0 aliphatic heterocycles. The Bertz CT molecular complexity index is 408. The zero-order valence-electron chi connectivity index (χ0n) is 9.52. The fourth-order valence-corrected chi connectivity index (χ4v) is 1.72. The molecule has 0 bridgehead atoms. The molecule has 0 unspecified atom stereocenters. The second kappa shape index (κ2) is 4.77. The molecule has 0 fully saturated rings. The van der Waals surface area contributed by atoms with Crippen molar-refractivity contribution in [3.63, 3.8) is 0 Å². The van der Waals surface area contributed by atoms with Gasteiger partial charge in [0, 0.05) is 0 Å². The van der Waals surface area contributed by atoms with Crippen molar-refractivity contribution in [1.82, 2.24) is 4.98 Å². The van der Waals surface area contributed by atoms with Crippen LogP contribution in [0.2, 0.25) is 0 Å². The van der Waals surface area contributed by atoms with Crippen LogP contribution in [0, 0.1) is 0 Å². The molecule has 0 saturated carbocycles. The summed E-state index contributed by atoms with van der Waals surface area (Å²) in [5.74, 6) is 0. The van der Waals surface area contributed by atoms with E-state index in [1.165, 1.54) is 0 Å². The van der Waals surface area contributed by atoms with Crippen LogP contribution in [0.3, 0.4) is 0 Å². The van der Waals surface area contributed by atoms with Gasteiger partial charge in [-0.1, -0.05) is 22.9 Å². The van der Waals surface area contributed by atoms with Crippen LogP contribution in [-0.4, -0.2) is 26.9 Å². The van der Waals surface area contributed by atoms with Crippen LogP contribution >= 0.6 is 22.9 Å². The van der Waals surface area contributed by atoms with Crippen LogP contribution in [0.4, 0.5) is 9.93 Å². The van der Waals surface area contributed by atoms with Crippen LogP contribution < -0.4 is 5.32 Å². The van der Waals surface area contributed by atoms with Gasteiger partial charge in [-0.3, -0.25) is 5.32 Å². The van der Waals surface area contributed by atoms with Gasteiger partial charge in [0.05, 0.1) is 6.20 Å². The van der Waals surface area contributed by atoms with Gasteiger partial charge in [-0.25, -0.2) is 9.78 Å². The summed E-state index contributed by atoms with van der Waals surface area (Å²) < 4.78 is 5.00. The first-order valence-electron chi connectivity index (χ1n) is 4.68. The van der Waals surface area contributed by atoms with Gasteiger partial charge in [-0.2, -0.15) is 0 Å². The van der Waals surface area contributed by atoms with Gasteiger partial charge in [0.25, 0.3) is 5.25 Å². The molecule has 0 aliphatic carbocycles. The number of ether oxygens (including phenoxy) is 1. The number of rotatable bonds is 2.